The van der Waals surface area contributed by atoms with Gasteiger partial charge >= 0.3 is 0 Å². The van der Waals surface area contributed by atoms with Crippen molar-refractivity contribution >= 4 is 0 Å². The van der Waals surface area contributed by atoms with E-state index in [2.05, 4.69) is 25.8 Å². The number of phenols is 2. The second-order valence-electron chi connectivity index (χ2n) is 6.13. The van der Waals surface area contributed by atoms with E-state index >= 15 is 0 Å². The van der Waals surface area contributed by atoms with E-state index in [1.54, 1.807) is 18.2 Å². The first-order valence-electron chi connectivity index (χ1n) is 7.77. The number of phenolic OH excluding ortho intramolecular Hbond substituents is 2. The number of hydrogen-bond donors (Lipinski definition) is 2. The fourth-order valence-corrected chi connectivity index (χ4v) is 3.45. The van der Waals surface area contributed by atoms with Crippen molar-refractivity contribution in [1.82, 2.24) is 4.90 Å². The monoisotopic (exact) mass is 277 g/mol. The third-order valence-electron chi connectivity index (χ3n) is 5.06. The Morgan fingerprint density at radius 3 is 2.20 bits per heavy atom. The van der Waals surface area contributed by atoms with Crippen LogP contribution in [0, 0.1) is 5.92 Å². The van der Waals surface area contributed by atoms with Gasteiger partial charge in [-0.3, -0.25) is 4.90 Å². The molecule has 1 aliphatic carbocycles. The van der Waals surface area contributed by atoms with Gasteiger partial charge in [0, 0.05) is 12.1 Å². The summed E-state index contributed by atoms with van der Waals surface area (Å²) in [6.45, 7) is 4.33. The standard InChI is InChI=1S/C17H27NO2/c1-4-13-8-10-14(11-9-13)18(3)12(2)17-15(19)6-5-7-16(17)20/h5-7,12-14,19-20H,4,8-11H2,1-3H3. The van der Waals surface area contributed by atoms with Crippen molar-refractivity contribution in [2.45, 2.75) is 58.0 Å². The molecule has 0 radical (unpaired) electrons. The second kappa shape index (κ2) is 6.49. The Hall–Kier alpha value is -1.22. The van der Waals surface area contributed by atoms with Crippen LogP contribution in [0.1, 0.15) is 57.6 Å². The molecule has 3 nitrogen and oxygen atoms in total. The van der Waals surface area contributed by atoms with Crippen molar-refractivity contribution in [2.24, 2.45) is 5.92 Å². The van der Waals surface area contributed by atoms with Crippen LogP contribution in [-0.2, 0) is 0 Å². The molecule has 112 valence electrons. The molecule has 0 aliphatic heterocycles. The number of hydrogen-bond acceptors (Lipinski definition) is 3. The molecular formula is C17H27NO2. The number of nitrogens with zero attached hydrogens (tertiary/aromatic N) is 1. The summed E-state index contributed by atoms with van der Waals surface area (Å²) in [7, 11) is 2.10. The summed E-state index contributed by atoms with van der Waals surface area (Å²) in [5, 5.41) is 20.0. The molecule has 1 fully saturated rings. The van der Waals surface area contributed by atoms with E-state index in [9.17, 15) is 10.2 Å². The molecule has 0 saturated heterocycles. The maximum atomic E-state index is 10.0. The summed E-state index contributed by atoms with van der Waals surface area (Å²) >= 11 is 0. The van der Waals surface area contributed by atoms with Crippen molar-refractivity contribution in [3.63, 3.8) is 0 Å². The minimum absolute atomic E-state index is 0.0272. The van der Waals surface area contributed by atoms with E-state index in [1.807, 2.05) is 0 Å². The highest BCUT2D eigenvalue weighted by Crippen LogP contribution is 2.38. The molecule has 1 aliphatic rings. The molecule has 1 saturated carbocycles. The van der Waals surface area contributed by atoms with Gasteiger partial charge in [0.05, 0.1) is 5.56 Å². The molecule has 0 amide bonds. The lowest BCUT2D eigenvalue weighted by Crippen LogP contribution is -2.36. The van der Waals surface area contributed by atoms with E-state index in [1.165, 1.54) is 32.1 Å². The summed E-state index contributed by atoms with van der Waals surface area (Å²) in [6, 6.07) is 5.54. The highest BCUT2D eigenvalue weighted by molar-refractivity contribution is 5.45. The van der Waals surface area contributed by atoms with Crippen LogP contribution in [0.2, 0.25) is 0 Å². The first-order chi connectivity index (χ1) is 9.54. The lowest BCUT2D eigenvalue weighted by atomic mass is 9.83. The highest BCUT2D eigenvalue weighted by Gasteiger charge is 2.28. The number of aromatic hydroxyl groups is 2. The smallest absolute Gasteiger partial charge is 0.124 e. The average Bonchev–Trinajstić information content (AvgIpc) is 2.46. The second-order valence-corrected chi connectivity index (χ2v) is 6.13. The van der Waals surface area contributed by atoms with Crippen molar-refractivity contribution in [3.05, 3.63) is 23.8 Å². The van der Waals surface area contributed by atoms with E-state index < -0.39 is 0 Å². The van der Waals surface area contributed by atoms with Gasteiger partial charge in [-0.2, -0.15) is 0 Å². The average molecular weight is 277 g/mol. The predicted octanol–water partition coefficient (Wildman–Crippen LogP) is 4.06. The van der Waals surface area contributed by atoms with Crippen LogP contribution >= 0.6 is 0 Å². The molecule has 2 rings (SSSR count). The Morgan fingerprint density at radius 2 is 1.70 bits per heavy atom. The summed E-state index contributed by atoms with van der Waals surface area (Å²) < 4.78 is 0. The van der Waals surface area contributed by atoms with E-state index in [-0.39, 0.29) is 17.5 Å². The molecule has 1 aromatic carbocycles. The zero-order valence-corrected chi connectivity index (χ0v) is 12.8. The SMILES string of the molecule is CCC1CCC(N(C)C(C)c2c(O)cccc2O)CC1. The minimum Gasteiger partial charge on any atom is -0.507 e. The van der Waals surface area contributed by atoms with Crippen LogP contribution < -0.4 is 0 Å². The highest BCUT2D eigenvalue weighted by atomic mass is 16.3. The first-order valence-corrected chi connectivity index (χ1v) is 7.77. The molecule has 1 aromatic rings. The van der Waals surface area contributed by atoms with Gasteiger partial charge in [-0.05, 0) is 57.7 Å². The topological polar surface area (TPSA) is 43.7 Å². The Morgan fingerprint density at radius 1 is 1.15 bits per heavy atom. The summed E-state index contributed by atoms with van der Waals surface area (Å²) in [4.78, 5) is 2.31. The van der Waals surface area contributed by atoms with E-state index in [0.29, 0.717) is 11.6 Å². The molecule has 0 spiro atoms. The summed E-state index contributed by atoms with van der Waals surface area (Å²) in [6.07, 6.45) is 6.31. The van der Waals surface area contributed by atoms with E-state index in [4.69, 9.17) is 0 Å². The molecule has 0 aromatic heterocycles. The Balaban J connectivity index is 2.07. The van der Waals surface area contributed by atoms with Crippen molar-refractivity contribution in [2.75, 3.05) is 7.05 Å². The van der Waals surface area contributed by atoms with Crippen LogP contribution in [0.4, 0.5) is 0 Å². The van der Waals surface area contributed by atoms with Crippen molar-refractivity contribution in [1.29, 1.82) is 0 Å². The van der Waals surface area contributed by atoms with Gasteiger partial charge in [-0.25, -0.2) is 0 Å². The van der Waals surface area contributed by atoms with Crippen molar-refractivity contribution in [3.8, 4) is 11.5 Å². The third kappa shape index (κ3) is 3.09. The molecule has 0 heterocycles. The van der Waals surface area contributed by atoms with Crippen LogP contribution in [0.25, 0.3) is 0 Å². The molecule has 1 atom stereocenters. The maximum absolute atomic E-state index is 10.0. The Labute approximate surface area is 122 Å². The maximum Gasteiger partial charge on any atom is 0.124 e. The third-order valence-corrected chi connectivity index (χ3v) is 5.06. The lowest BCUT2D eigenvalue weighted by molar-refractivity contribution is 0.124. The number of rotatable bonds is 4. The molecular weight excluding hydrogens is 250 g/mol. The van der Waals surface area contributed by atoms with Crippen LogP contribution in [-0.4, -0.2) is 28.2 Å². The van der Waals surface area contributed by atoms with Gasteiger partial charge in [0.25, 0.3) is 0 Å². The lowest BCUT2D eigenvalue weighted by Gasteiger charge is -2.38. The van der Waals surface area contributed by atoms with Crippen molar-refractivity contribution < 1.29 is 10.2 Å². The van der Waals surface area contributed by atoms with Crippen LogP contribution in [0.15, 0.2) is 18.2 Å². The zero-order chi connectivity index (χ0) is 14.7. The van der Waals surface area contributed by atoms with Crippen LogP contribution in [0.3, 0.4) is 0 Å². The van der Waals surface area contributed by atoms with Gasteiger partial charge < -0.3 is 10.2 Å². The fraction of sp³-hybridized carbons (Fsp3) is 0.647. The fourth-order valence-electron chi connectivity index (χ4n) is 3.45. The summed E-state index contributed by atoms with van der Waals surface area (Å²) in [5.74, 6) is 1.26. The molecule has 1 unspecified atom stereocenters. The number of benzene rings is 1. The largest absolute Gasteiger partial charge is 0.507 e. The van der Waals surface area contributed by atoms with Crippen LogP contribution in [0.5, 0.6) is 11.5 Å². The van der Waals surface area contributed by atoms with Gasteiger partial charge in [-0.15, -0.1) is 0 Å². The zero-order valence-electron chi connectivity index (χ0n) is 12.8. The Kier molecular flexibility index (Phi) is 4.92. The summed E-state index contributed by atoms with van der Waals surface area (Å²) in [5.41, 5.74) is 0.646. The molecule has 0 bridgehead atoms. The van der Waals surface area contributed by atoms with Gasteiger partial charge in [-0.1, -0.05) is 19.4 Å². The molecule has 20 heavy (non-hydrogen) atoms. The predicted molar refractivity (Wildman–Crippen MR) is 82.0 cm³/mol. The first kappa shape index (κ1) is 15.2. The molecule has 2 N–H and O–H groups in total. The molecule has 3 heteroatoms. The normalized spacial score (nSPS) is 24.8. The van der Waals surface area contributed by atoms with Gasteiger partial charge in [0.1, 0.15) is 11.5 Å². The quantitative estimate of drug-likeness (QED) is 0.872. The van der Waals surface area contributed by atoms with E-state index in [0.717, 1.165) is 5.92 Å². The Bertz CT molecular complexity index is 418. The van der Waals surface area contributed by atoms with Gasteiger partial charge in [0.15, 0.2) is 0 Å². The van der Waals surface area contributed by atoms with Gasteiger partial charge in [0.2, 0.25) is 0 Å². The minimum atomic E-state index is 0.0272.